The fourth-order valence-corrected chi connectivity index (χ4v) is 9.21. The third kappa shape index (κ3) is 11.2. The van der Waals surface area contributed by atoms with E-state index in [-0.39, 0.29) is 74.3 Å². The molecular weight excluding hydrogens is 851 g/mol. The maximum atomic E-state index is 14.5. The lowest BCUT2D eigenvalue weighted by Gasteiger charge is -2.58. The van der Waals surface area contributed by atoms with Gasteiger partial charge in [-0.1, -0.05) is 48.0 Å². The maximum absolute atomic E-state index is 14.5. The van der Waals surface area contributed by atoms with Gasteiger partial charge in [-0.3, -0.25) is 10.1 Å². The van der Waals surface area contributed by atoms with Crippen LogP contribution in [-0.4, -0.2) is 91.2 Å². The van der Waals surface area contributed by atoms with Crippen LogP contribution in [0.5, 0.6) is 11.5 Å². The number of benzene rings is 2. The lowest BCUT2D eigenvalue weighted by atomic mass is 9.55. The van der Waals surface area contributed by atoms with E-state index < -0.39 is 45.8 Å². The van der Waals surface area contributed by atoms with Crippen LogP contribution in [-0.2, 0) is 25.7 Å². The summed E-state index contributed by atoms with van der Waals surface area (Å²) < 4.78 is 33.4. The monoisotopic (exact) mass is 913 g/mol. The van der Waals surface area contributed by atoms with Gasteiger partial charge in [0.25, 0.3) is 5.69 Å². The first kappa shape index (κ1) is 49.5. The number of unbranched alkanes of at least 4 members (excludes halogenated alkanes) is 2. The van der Waals surface area contributed by atoms with Gasteiger partial charge in [0.05, 0.1) is 23.2 Å². The highest BCUT2D eigenvalue weighted by Gasteiger charge is 2.65. The van der Waals surface area contributed by atoms with Gasteiger partial charge in [-0.25, -0.2) is 14.3 Å². The topological polar surface area (TPSA) is 216 Å². The van der Waals surface area contributed by atoms with E-state index in [4.69, 9.17) is 33.7 Å². The van der Waals surface area contributed by atoms with E-state index in [2.05, 4.69) is 29.5 Å². The van der Waals surface area contributed by atoms with E-state index in [1.54, 1.807) is 65.8 Å². The predicted molar refractivity (Wildman–Crippen MR) is 244 cm³/mol. The van der Waals surface area contributed by atoms with Crippen molar-refractivity contribution in [3.05, 3.63) is 112 Å². The highest BCUT2D eigenvalue weighted by molar-refractivity contribution is 6.03. The Balaban J connectivity index is 1.64. The minimum atomic E-state index is -1.68. The molecule has 17 heteroatoms. The van der Waals surface area contributed by atoms with Crippen molar-refractivity contribution in [2.45, 2.75) is 122 Å². The van der Waals surface area contributed by atoms with Gasteiger partial charge in [-0.05, 0) is 121 Å². The number of aliphatic hydroxyl groups is 2. The number of aliphatic hydroxyl groups excluding tert-OH is 2. The summed E-state index contributed by atoms with van der Waals surface area (Å²) >= 11 is 0. The summed E-state index contributed by atoms with van der Waals surface area (Å²) in [5.41, 5.74) is 0.0708. The van der Waals surface area contributed by atoms with Crippen LogP contribution in [0.25, 0.3) is 0 Å². The normalized spacial score (nSPS) is 22.8. The fraction of sp³-hybridized carbons (Fsp3) is 0.531. The predicted octanol–water partition coefficient (Wildman–Crippen LogP) is 8.37. The van der Waals surface area contributed by atoms with Gasteiger partial charge in [0.1, 0.15) is 42.0 Å². The summed E-state index contributed by atoms with van der Waals surface area (Å²) in [6.07, 6.45) is 9.51. The van der Waals surface area contributed by atoms with Crippen molar-refractivity contribution in [2.24, 2.45) is 22.9 Å². The number of hydrogen-bond acceptors (Lipinski definition) is 15. The Morgan fingerprint density at radius 1 is 0.955 bits per heavy atom. The number of esters is 2. The number of allylic oxidation sites excluding steroid dienone is 1. The first-order valence-corrected chi connectivity index (χ1v) is 22.5. The third-order valence-electron chi connectivity index (χ3n) is 11.7. The Morgan fingerprint density at radius 2 is 1.62 bits per heavy atom. The van der Waals surface area contributed by atoms with E-state index in [1.165, 1.54) is 16.8 Å². The lowest BCUT2D eigenvalue weighted by Crippen LogP contribution is -2.63. The number of rotatable bonds is 21. The van der Waals surface area contributed by atoms with Gasteiger partial charge < -0.3 is 38.7 Å². The zero-order valence-electron chi connectivity index (χ0n) is 38.8. The Hall–Kier alpha value is -5.91. The molecule has 1 saturated carbocycles. The molecule has 0 spiro atoms. The number of nitro groups is 1. The number of carbonyl (C=O) groups is 2. The quantitative estimate of drug-likeness (QED) is 0.0338. The summed E-state index contributed by atoms with van der Waals surface area (Å²) in [5, 5.41) is 44.9. The molecule has 3 aliphatic rings. The Kier molecular flexibility index (Phi) is 15.9. The number of non-ortho nitro benzene ring substituents is 1. The second-order valence-corrected chi connectivity index (χ2v) is 18.8. The van der Waals surface area contributed by atoms with Crippen LogP contribution in [0.3, 0.4) is 0 Å². The molecule has 1 aromatic heterocycles. The van der Waals surface area contributed by atoms with E-state index in [1.807, 2.05) is 18.2 Å². The molecule has 0 bridgehead atoms. The van der Waals surface area contributed by atoms with Crippen molar-refractivity contribution >= 4 is 23.3 Å². The van der Waals surface area contributed by atoms with Gasteiger partial charge in [-0.15, -0.1) is 11.7 Å². The number of hydrogen-bond donors (Lipinski definition) is 2. The zero-order chi connectivity index (χ0) is 47.8. The number of aromatic nitrogens is 3. The minimum Gasteiger partial charge on any atom is -0.490 e. The summed E-state index contributed by atoms with van der Waals surface area (Å²) in [7, 11) is 0. The number of oxime groups is 1. The largest absolute Gasteiger partial charge is 0.490 e. The van der Waals surface area contributed by atoms with Crippen LogP contribution in [0.4, 0.5) is 5.69 Å². The molecule has 356 valence electrons. The van der Waals surface area contributed by atoms with Crippen LogP contribution in [0.1, 0.15) is 131 Å². The van der Waals surface area contributed by atoms with Crippen LogP contribution in [0.2, 0.25) is 0 Å². The SMILES string of the molecule is C=CCOc1ccc2c(c1)[C@H]1[C@H](CCCCO)[C@@H](CCCCO)C=C3C(=NOCc4ccc([N+](=O)[O-])cc4)C[C@H](n4nnc(C(=O)OC(C)(C)C)c4C(=O)OC(C)(C)C)[C@@](OCC=C)(O2)[C@H]31. The van der Waals surface area contributed by atoms with E-state index >= 15 is 0 Å². The van der Waals surface area contributed by atoms with Crippen molar-refractivity contribution in [3.63, 3.8) is 0 Å². The van der Waals surface area contributed by atoms with Gasteiger partial charge in [-0.2, -0.15) is 0 Å². The molecule has 17 nitrogen and oxygen atoms in total. The molecule has 1 fully saturated rings. The molecule has 1 aliphatic heterocycles. The highest BCUT2D eigenvalue weighted by Crippen LogP contribution is 2.63. The molecule has 0 unspecified atom stereocenters. The average Bonchev–Trinajstić information content (AvgIpc) is 3.71. The number of nitro benzene ring substituents is 1. The van der Waals surface area contributed by atoms with Crippen molar-refractivity contribution in [2.75, 3.05) is 26.4 Å². The van der Waals surface area contributed by atoms with Gasteiger partial charge in [0.2, 0.25) is 11.5 Å². The Morgan fingerprint density at radius 3 is 2.26 bits per heavy atom. The van der Waals surface area contributed by atoms with E-state index in [0.717, 1.165) is 24.0 Å². The summed E-state index contributed by atoms with van der Waals surface area (Å²) in [6, 6.07) is 10.5. The van der Waals surface area contributed by atoms with Gasteiger partial charge >= 0.3 is 11.9 Å². The first-order valence-electron chi connectivity index (χ1n) is 22.5. The van der Waals surface area contributed by atoms with Crippen molar-refractivity contribution in [1.82, 2.24) is 15.0 Å². The molecule has 0 saturated heterocycles. The van der Waals surface area contributed by atoms with Crippen LogP contribution in [0, 0.1) is 27.9 Å². The van der Waals surface area contributed by atoms with Crippen molar-refractivity contribution < 1.29 is 53.2 Å². The van der Waals surface area contributed by atoms with Crippen LogP contribution < -0.4 is 9.47 Å². The molecule has 2 aliphatic carbocycles. The molecule has 3 aromatic rings. The second-order valence-electron chi connectivity index (χ2n) is 18.8. The number of nitrogens with zero attached hydrogens (tertiary/aromatic N) is 5. The minimum absolute atomic E-state index is 0.00349. The molecule has 2 heterocycles. The van der Waals surface area contributed by atoms with Gasteiger partial charge in [0.15, 0.2) is 5.69 Å². The second kappa shape index (κ2) is 21.2. The first-order chi connectivity index (χ1) is 31.4. The summed E-state index contributed by atoms with van der Waals surface area (Å²) in [5.74, 6) is -3.54. The maximum Gasteiger partial charge on any atom is 0.362 e. The standard InChI is InChI=1S/C49H63N5O12/c1-9-25-61-34-21-22-39-37(28-34)41-35(16-12-14-24-56)32(15-11-13-23-55)27-36-38(51-63-30-31-17-19-33(20-18-31)54(59)60)29-40(49(64-39,42(36)41)62-26-10-2)53-44(46(58)66-48(6,7)8)43(50-52-53)45(57)65-47(3,4)5/h9-10,17-22,27-28,32,35,40-42,55-56H,1-2,11-16,23-26,29-30H2,3-8H3/t32-,35+,40-,41+,42+,49+/m0/s1. The van der Waals surface area contributed by atoms with E-state index in [0.29, 0.717) is 48.5 Å². The average molecular weight is 914 g/mol. The molecule has 2 N–H and O–H groups in total. The molecule has 0 radical (unpaired) electrons. The lowest BCUT2D eigenvalue weighted by molar-refractivity contribution is -0.384. The molecule has 66 heavy (non-hydrogen) atoms. The summed E-state index contributed by atoms with van der Waals surface area (Å²) in [4.78, 5) is 45.5. The zero-order valence-corrected chi connectivity index (χ0v) is 38.8. The Labute approximate surface area is 385 Å². The van der Waals surface area contributed by atoms with E-state index in [9.17, 15) is 29.9 Å². The molecule has 2 aromatic carbocycles. The van der Waals surface area contributed by atoms with Crippen LogP contribution >= 0.6 is 0 Å². The summed E-state index contributed by atoms with van der Waals surface area (Å²) in [6.45, 7) is 18.3. The number of ether oxygens (including phenoxy) is 5. The van der Waals surface area contributed by atoms with Crippen molar-refractivity contribution in [1.29, 1.82) is 0 Å². The van der Waals surface area contributed by atoms with Crippen LogP contribution in [0.15, 0.2) is 84.6 Å². The molecule has 0 amide bonds. The molecular formula is C49H63N5O12. The smallest absolute Gasteiger partial charge is 0.362 e. The highest BCUT2D eigenvalue weighted by atomic mass is 16.7. The molecule has 6 atom stereocenters. The number of fused-ring (bicyclic) bond motifs is 2. The number of carbonyl (C=O) groups excluding carboxylic acids is 2. The fourth-order valence-electron chi connectivity index (χ4n) is 9.21. The van der Waals surface area contributed by atoms with Gasteiger partial charge in [0, 0.05) is 43.2 Å². The molecule has 6 rings (SSSR count). The third-order valence-corrected chi connectivity index (χ3v) is 11.7. The Bertz CT molecular complexity index is 2290. The van der Waals surface area contributed by atoms with Crippen molar-refractivity contribution in [3.8, 4) is 11.5 Å².